The first-order valence-corrected chi connectivity index (χ1v) is 11.4. The fraction of sp³-hybridized carbons (Fsp3) is 0.0435. The number of rotatable bonds is 4. The fourth-order valence-electron chi connectivity index (χ4n) is 3.01. The van der Waals surface area contributed by atoms with E-state index in [1.54, 1.807) is 11.8 Å². The lowest BCUT2D eigenvalue weighted by molar-refractivity contribution is 0.585. The third kappa shape index (κ3) is 3.80. The SMILES string of the molecule is CN(c1ccccc1)P1(=O)C=C(c2ccccc2)SC(c2ccccc2)=C1. The minimum Gasteiger partial charge on any atom is -0.320 e. The van der Waals surface area contributed by atoms with Gasteiger partial charge in [-0.05, 0) is 23.3 Å². The molecule has 0 bridgehead atoms. The Morgan fingerprint density at radius 3 is 1.52 bits per heavy atom. The number of anilines is 1. The van der Waals surface area contributed by atoms with Crippen LogP contribution in [-0.4, -0.2) is 7.05 Å². The Morgan fingerprint density at radius 1 is 0.667 bits per heavy atom. The summed E-state index contributed by atoms with van der Waals surface area (Å²) >= 11 is 1.68. The molecule has 134 valence electrons. The number of hydrogen-bond donors (Lipinski definition) is 0. The highest BCUT2D eigenvalue weighted by atomic mass is 32.2. The van der Waals surface area contributed by atoms with Gasteiger partial charge in [-0.15, -0.1) is 0 Å². The van der Waals surface area contributed by atoms with E-state index in [0.29, 0.717) is 0 Å². The monoisotopic (exact) mass is 389 g/mol. The number of hydrogen-bond acceptors (Lipinski definition) is 2. The van der Waals surface area contributed by atoms with Gasteiger partial charge in [-0.2, -0.15) is 0 Å². The van der Waals surface area contributed by atoms with Crippen molar-refractivity contribution in [1.29, 1.82) is 0 Å². The van der Waals surface area contributed by atoms with E-state index in [0.717, 1.165) is 26.6 Å². The molecule has 1 heterocycles. The van der Waals surface area contributed by atoms with E-state index in [1.807, 2.05) is 90.1 Å². The number of thioether (sulfide) groups is 1. The van der Waals surface area contributed by atoms with Crippen molar-refractivity contribution in [2.45, 2.75) is 0 Å². The molecule has 0 N–H and O–H groups in total. The average Bonchev–Trinajstić information content (AvgIpc) is 2.75. The molecule has 0 radical (unpaired) electrons. The van der Waals surface area contributed by atoms with E-state index in [4.69, 9.17) is 0 Å². The van der Waals surface area contributed by atoms with Gasteiger partial charge in [0, 0.05) is 34.2 Å². The lowest BCUT2D eigenvalue weighted by atomic mass is 10.2. The van der Waals surface area contributed by atoms with Crippen molar-refractivity contribution in [1.82, 2.24) is 0 Å². The third-order valence-electron chi connectivity index (χ3n) is 4.54. The maximum Gasteiger partial charge on any atom is 0.217 e. The molecular weight excluding hydrogens is 369 g/mol. The molecule has 0 fully saturated rings. The highest BCUT2D eigenvalue weighted by Gasteiger charge is 2.30. The van der Waals surface area contributed by atoms with Gasteiger partial charge in [0.15, 0.2) is 0 Å². The Morgan fingerprint density at radius 2 is 1.07 bits per heavy atom. The number of benzene rings is 3. The molecule has 4 rings (SSSR count). The van der Waals surface area contributed by atoms with E-state index in [9.17, 15) is 4.57 Å². The van der Waals surface area contributed by atoms with Crippen LogP contribution in [0.5, 0.6) is 0 Å². The molecule has 27 heavy (non-hydrogen) atoms. The second kappa shape index (κ2) is 7.64. The molecule has 0 atom stereocenters. The van der Waals surface area contributed by atoms with Gasteiger partial charge in [0.25, 0.3) is 0 Å². The fourth-order valence-corrected chi connectivity index (χ4v) is 6.97. The summed E-state index contributed by atoms with van der Waals surface area (Å²) in [6, 6.07) is 30.3. The van der Waals surface area contributed by atoms with Crippen LogP contribution in [0.4, 0.5) is 5.69 Å². The molecule has 0 aliphatic carbocycles. The second-order valence-corrected chi connectivity index (χ2v) is 9.90. The van der Waals surface area contributed by atoms with Gasteiger partial charge in [-0.25, -0.2) is 0 Å². The molecule has 0 amide bonds. The molecule has 1 aliphatic heterocycles. The van der Waals surface area contributed by atoms with Crippen molar-refractivity contribution in [2.24, 2.45) is 0 Å². The van der Waals surface area contributed by atoms with Crippen LogP contribution in [0.25, 0.3) is 9.81 Å². The summed E-state index contributed by atoms with van der Waals surface area (Å²) in [4.78, 5) is 2.06. The Bertz CT molecular complexity index is 970. The molecular formula is C23H20NOPS. The predicted molar refractivity (Wildman–Crippen MR) is 119 cm³/mol. The quantitative estimate of drug-likeness (QED) is 0.442. The minimum absolute atomic E-state index is 0.944. The Kier molecular flexibility index (Phi) is 5.07. The summed E-state index contributed by atoms with van der Waals surface area (Å²) in [5.74, 6) is 3.87. The highest BCUT2D eigenvalue weighted by molar-refractivity contribution is 8.17. The molecule has 0 saturated carbocycles. The van der Waals surface area contributed by atoms with Crippen molar-refractivity contribution < 1.29 is 4.57 Å². The lowest BCUT2D eigenvalue weighted by Gasteiger charge is -2.30. The minimum atomic E-state index is -2.88. The standard InChI is InChI=1S/C23H20NOPS/c1-24(21-15-9-4-10-16-21)26(25)17-22(19-11-5-2-6-12-19)27-23(18-26)20-13-7-3-8-14-20/h2-18H,1H3. The van der Waals surface area contributed by atoms with E-state index >= 15 is 0 Å². The van der Waals surface area contributed by atoms with Crippen molar-refractivity contribution in [2.75, 3.05) is 11.7 Å². The molecule has 4 heteroatoms. The smallest absolute Gasteiger partial charge is 0.217 e. The normalized spacial score (nSPS) is 15.6. The van der Waals surface area contributed by atoms with Crippen LogP contribution in [0.3, 0.4) is 0 Å². The zero-order chi connectivity index (χ0) is 18.7. The van der Waals surface area contributed by atoms with Crippen LogP contribution < -0.4 is 4.67 Å². The van der Waals surface area contributed by atoms with Gasteiger partial charge >= 0.3 is 0 Å². The van der Waals surface area contributed by atoms with Crippen LogP contribution in [0, 0.1) is 0 Å². The van der Waals surface area contributed by atoms with E-state index < -0.39 is 7.29 Å². The maximum atomic E-state index is 14.1. The van der Waals surface area contributed by atoms with Gasteiger partial charge in [-0.1, -0.05) is 90.6 Å². The van der Waals surface area contributed by atoms with Gasteiger partial charge in [0.2, 0.25) is 7.29 Å². The Balaban J connectivity index is 1.83. The third-order valence-corrected chi connectivity index (χ3v) is 8.46. The van der Waals surface area contributed by atoms with Crippen molar-refractivity contribution in [3.63, 3.8) is 0 Å². The summed E-state index contributed by atoms with van der Waals surface area (Å²) < 4.78 is 16.0. The van der Waals surface area contributed by atoms with Gasteiger partial charge in [-0.3, -0.25) is 4.57 Å². The first-order valence-electron chi connectivity index (χ1n) is 8.79. The molecule has 0 aromatic heterocycles. The summed E-state index contributed by atoms with van der Waals surface area (Å²) in [6.45, 7) is 0. The number of nitrogens with zero attached hydrogens (tertiary/aromatic N) is 1. The summed E-state index contributed by atoms with van der Waals surface area (Å²) in [5, 5.41) is 0. The van der Waals surface area contributed by atoms with Crippen LogP contribution in [0.1, 0.15) is 11.1 Å². The van der Waals surface area contributed by atoms with E-state index in [1.165, 1.54) is 0 Å². The Hall–Kier alpha value is -2.48. The lowest BCUT2D eigenvalue weighted by Crippen LogP contribution is -2.12. The van der Waals surface area contributed by atoms with Crippen LogP contribution in [-0.2, 0) is 4.57 Å². The maximum absolute atomic E-state index is 14.1. The molecule has 1 aliphatic rings. The highest BCUT2D eigenvalue weighted by Crippen LogP contribution is 2.63. The first-order chi connectivity index (χ1) is 13.2. The molecule has 2 nitrogen and oxygen atoms in total. The summed E-state index contributed by atoms with van der Waals surface area (Å²) in [7, 11) is -0.974. The van der Waals surface area contributed by atoms with Gasteiger partial charge in [0.05, 0.1) is 0 Å². The van der Waals surface area contributed by atoms with Gasteiger partial charge < -0.3 is 4.67 Å². The van der Waals surface area contributed by atoms with Crippen LogP contribution in [0.15, 0.2) is 103 Å². The number of para-hydroxylation sites is 1. The second-order valence-electron chi connectivity index (χ2n) is 6.35. The molecule has 0 unspecified atom stereocenters. The zero-order valence-electron chi connectivity index (χ0n) is 15.0. The van der Waals surface area contributed by atoms with Crippen LogP contribution >= 0.6 is 19.1 Å². The van der Waals surface area contributed by atoms with Crippen molar-refractivity contribution in [3.8, 4) is 0 Å². The molecule has 0 spiro atoms. The molecule has 3 aromatic carbocycles. The summed E-state index contributed by atoms with van der Waals surface area (Å²) in [5.41, 5.74) is 3.12. The van der Waals surface area contributed by atoms with Crippen molar-refractivity contribution in [3.05, 3.63) is 114 Å². The largest absolute Gasteiger partial charge is 0.320 e. The molecule has 0 saturated heterocycles. The predicted octanol–water partition coefficient (Wildman–Crippen LogP) is 7.14. The topological polar surface area (TPSA) is 20.3 Å². The zero-order valence-corrected chi connectivity index (χ0v) is 16.7. The van der Waals surface area contributed by atoms with Crippen LogP contribution in [0.2, 0.25) is 0 Å². The average molecular weight is 389 g/mol. The van der Waals surface area contributed by atoms with E-state index in [2.05, 4.69) is 24.3 Å². The van der Waals surface area contributed by atoms with Gasteiger partial charge in [0.1, 0.15) is 0 Å². The van der Waals surface area contributed by atoms with Crippen molar-refractivity contribution >= 4 is 34.6 Å². The first kappa shape index (κ1) is 17.9. The molecule has 3 aromatic rings. The Labute approximate surface area is 164 Å². The van der Waals surface area contributed by atoms with E-state index in [-0.39, 0.29) is 0 Å². The summed E-state index contributed by atoms with van der Waals surface area (Å²) in [6.07, 6.45) is 0.